The molecule has 7 nitrogen and oxygen atoms in total. The fourth-order valence-corrected chi connectivity index (χ4v) is 4.21. The fourth-order valence-electron chi connectivity index (χ4n) is 3.00. The molecule has 0 amide bonds. The van der Waals surface area contributed by atoms with Crippen LogP contribution in [0.5, 0.6) is 5.75 Å². The highest BCUT2D eigenvalue weighted by atomic mass is 35.5. The number of nitrogens with zero attached hydrogens (tertiary/aromatic N) is 1. The molecule has 3 aromatic rings. The molecule has 0 saturated carbocycles. The van der Waals surface area contributed by atoms with Crippen LogP contribution < -0.4 is 9.46 Å². The molecule has 0 fully saturated rings. The number of carboxylic acid groups (broad SMARTS) is 1. The van der Waals surface area contributed by atoms with E-state index in [1.807, 2.05) is 12.1 Å². The van der Waals surface area contributed by atoms with Crippen molar-refractivity contribution in [3.8, 4) is 5.75 Å². The molecule has 0 saturated heterocycles. The average Bonchev–Trinajstić information content (AvgIpc) is 2.76. The van der Waals surface area contributed by atoms with E-state index in [0.29, 0.717) is 17.2 Å². The third-order valence-corrected chi connectivity index (χ3v) is 6.25. The summed E-state index contributed by atoms with van der Waals surface area (Å²) < 4.78 is 33.2. The second-order valence-electron chi connectivity index (χ2n) is 6.82. The molecule has 0 spiro atoms. The van der Waals surface area contributed by atoms with Gasteiger partial charge in [0.15, 0.2) is 6.61 Å². The van der Waals surface area contributed by atoms with E-state index in [4.69, 9.17) is 21.4 Å². The number of aromatic nitrogens is 1. The van der Waals surface area contributed by atoms with Crippen LogP contribution in [-0.4, -0.2) is 37.6 Å². The Balaban J connectivity index is 1.78. The van der Waals surface area contributed by atoms with Crippen LogP contribution in [0.25, 0.3) is 0 Å². The molecular weight excluding hydrogens is 440 g/mol. The van der Waals surface area contributed by atoms with Crippen LogP contribution >= 0.6 is 11.6 Å². The van der Waals surface area contributed by atoms with Gasteiger partial charge in [-0.3, -0.25) is 4.98 Å². The lowest BCUT2D eigenvalue weighted by Crippen LogP contribution is -2.29. The van der Waals surface area contributed by atoms with E-state index in [1.165, 1.54) is 24.3 Å². The molecule has 0 bridgehead atoms. The number of rotatable bonds is 10. The van der Waals surface area contributed by atoms with Crippen molar-refractivity contribution in [2.24, 2.45) is 0 Å². The van der Waals surface area contributed by atoms with Crippen molar-refractivity contribution in [2.75, 3.05) is 13.2 Å². The zero-order chi connectivity index (χ0) is 22.3. The van der Waals surface area contributed by atoms with Gasteiger partial charge in [-0.1, -0.05) is 29.8 Å². The second-order valence-corrected chi connectivity index (χ2v) is 9.02. The highest BCUT2D eigenvalue weighted by Crippen LogP contribution is 2.24. The second kappa shape index (κ2) is 10.4. The van der Waals surface area contributed by atoms with E-state index in [-0.39, 0.29) is 17.4 Å². The molecule has 1 aromatic heterocycles. The Morgan fingerprint density at radius 3 is 2.42 bits per heavy atom. The van der Waals surface area contributed by atoms with Crippen LogP contribution in [0.3, 0.4) is 0 Å². The van der Waals surface area contributed by atoms with Gasteiger partial charge in [-0.25, -0.2) is 17.9 Å². The molecule has 0 aliphatic rings. The maximum atomic E-state index is 12.7. The Morgan fingerprint density at radius 2 is 1.81 bits per heavy atom. The van der Waals surface area contributed by atoms with Crippen LogP contribution in [0.4, 0.5) is 0 Å². The largest absolute Gasteiger partial charge is 0.482 e. The summed E-state index contributed by atoms with van der Waals surface area (Å²) in [6, 6.07) is 16.7. The number of nitrogens with one attached hydrogen (secondary N) is 1. The van der Waals surface area contributed by atoms with E-state index in [2.05, 4.69) is 9.71 Å². The lowest BCUT2D eigenvalue weighted by molar-refractivity contribution is -0.139. The molecule has 1 heterocycles. The number of pyridine rings is 1. The van der Waals surface area contributed by atoms with E-state index in [9.17, 15) is 13.2 Å². The SMILES string of the molecule is O=C(O)COc1ccc(C(CNS(=O)(=O)c2ccc(Cl)cc2)Cc2cccnc2)cc1. The first-order valence-corrected chi connectivity index (χ1v) is 11.3. The maximum Gasteiger partial charge on any atom is 0.341 e. The van der Waals surface area contributed by atoms with Crippen LogP contribution in [0.15, 0.2) is 78.0 Å². The summed E-state index contributed by atoms with van der Waals surface area (Å²) in [7, 11) is -3.71. The number of carbonyl (C=O) groups is 1. The minimum atomic E-state index is -3.71. The van der Waals surface area contributed by atoms with Gasteiger partial charge in [0.2, 0.25) is 10.0 Å². The smallest absolute Gasteiger partial charge is 0.341 e. The van der Waals surface area contributed by atoms with Gasteiger partial charge in [-0.2, -0.15) is 0 Å². The van der Waals surface area contributed by atoms with E-state index in [0.717, 1.165) is 11.1 Å². The summed E-state index contributed by atoms with van der Waals surface area (Å²) in [5.74, 6) is -0.817. The van der Waals surface area contributed by atoms with Crippen molar-refractivity contribution in [1.82, 2.24) is 9.71 Å². The highest BCUT2D eigenvalue weighted by Gasteiger charge is 2.19. The molecule has 162 valence electrons. The van der Waals surface area contributed by atoms with Crippen molar-refractivity contribution < 1.29 is 23.1 Å². The molecule has 0 aliphatic heterocycles. The highest BCUT2D eigenvalue weighted by molar-refractivity contribution is 7.89. The van der Waals surface area contributed by atoms with E-state index in [1.54, 1.807) is 36.7 Å². The molecule has 0 radical (unpaired) electrons. The topological polar surface area (TPSA) is 106 Å². The zero-order valence-electron chi connectivity index (χ0n) is 16.4. The van der Waals surface area contributed by atoms with Gasteiger partial charge in [0.25, 0.3) is 0 Å². The molecular formula is C22H21ClN2O5S. The quantitative estimate of drug-likeness (QED) is 0.479. The monoisotopic (exact) mass is 460 g/mol. The van der Waals surface area contributed by atoms with Gasteiger partial charge in [0.1, 0.15) is 5.75 Å². The normalized spacial score (nSPS) is 12.3. The number of halogens is 1. The first kappa shape index (κ1) is 22.7. The lowest BCUT2D eigenvalue weighted by atomic mass is 9.93. The Kier molecular flexibility index (Phi) is 7.62. The first-order chi connectivity index (χ1) is 14.8. The lowest BCUT2D eigenvalue weighted by Gasteiger charge is -2.19. The van der Waals surface area contributed by atoms with Gasteiger partial charge >= 0.3 is 5.97 Å². The number of ether oxygens (including phenoxy) is 1. The minimum Gasteiger partial charge on any atom is -0.482 e. The summed E-state index contributed by atoms with van der Waals surface area (Å²) >= 11 is 5.85. The van der Waals surface area contributed by atoms with E-state index >= 15 is 0 Å². The number of benzene rings is 2. The van der Waals surface area contributed by atoms with Crippen LogP contribution in [0.1, 0.15) is 17.0 Å². The molecule has 2 N–H and O–H groups in total. The van der Waals surface area contributed by atoms with Crippen LogP contribution in [-0.2, 0) is 21.2 Å². The van der Waals surface area contributed by atoms with Gasteiger partial charge < -0.3 is 9.84 Å². The molecule has 1 atom stereocenters. The third kappa shape index (κ3) is 6.78. The van der Waals surface area contributed by atoms with Crippen molar-refractivity contribution in [3.05, 3.63) is 89.2 Å². The van der Waals surface area contributed by atoms with Crippen LogP contribution in [0.2, 0.25) is 5.02 Å². The predicted molar refractivity (Wildman–Crippen MR) is 117 cm³/mol. The summed E-state index contributed by atoms with van der Waals surface area (Å²) in [6.07, 6.45) is 3.98. The maximum absolute atomic E-state index is 12.7. The van der Waals surface area contributed by atoms with Crippen molar-refractivity contribution in [2.45, 2.75) is 17.2 Å². The molecule has 0 aliphatic carbocycles. The van der Waals surface area contributed by atoms with Gasteiger partial charge in [0, 0.05) is 29.9 Å². The Morgan fingerprint density at radius 1 is 1.10 bits per heavy atom. The molecule has 31 heavy (non-hydrogen) atoms. The molecule has 1 unspecified atom stereocenters. The number of aliphatic carboxylic acids is 1. The van der Waals surface area contributed by atoms with Crippen molar-refractivity contribution in [3.63, 3.8) is 0 Å². The summed E-state index contributed by atoms with van der Waals surface area (Å²) in [6.45, 7) is -0.269. The average molecular weight is 461 g/mol. The predicted octanol–water partition coefficient (Wildman–Crippen LogP) is 3.50. The van der Waals surface area contributed by atoms with Gasteiger partial charge in [0.05, 0.1) is 4.90 Å². The van der Waals surface area contributed by atoms with Gasteiger partial charge in [-0.05, 0) is 60.0 Å². The van der Waals surface area contributed by atoms with Crippen molar-refractivity contribution in [1.29, 1.82) is 0 Å². The van der Waals surface area contributed by atoms with Crippen LogP contribution in [0, 0.1) is 0 Å². The standard InChI is InChI=1S/C22H21ClN2O5S/c23-19-5-9-21(10-6-19)31(28,29)25-14-18(12-16-2-1-11-24-13-16)17-3-7-20(8-4-17)30-15-22(26)27/h1-11,13,18,25H,12,14-15H2,(H,26,27). The molecule has 9 heteroatoms. The number of hydrogen-bond acceptors (Lipinski definition) is 5. The summed E-state index contributed by atoms with van der Waals surface area (Å²) in [4.78, 5) is 14.9. The molecule has 2 aromatic carbocycles. The zero-order valence-corrected chi connectivity index (χ0v) is 18.0. The number of carboxylic acids is 1. The Hall–Kier alpha value is -2.94. The molecule has 3 rings (SSSR count). The van der Waals surface area contributed by atoms with Gasteiger partial charge in [-0.15, -0.1) is 0 Å². The Bertz CT molecular complexity index is 1100. The first-order valence-electron chi connectivity index (χ1n) is 9.42. The summed E-state index contributed by atoms with van der Waals surface area (Å²) in [5.41, 5.74) is 1.84. The minimum absolute atomic E-state index is 0.134. The van der Waals surface area contributed by atoms with E-state index < -0.39 is 22.6 Å². The fraction of sp³-hybridized carbons (Fsp3) is 0.182. The van der Waals surface area contributed by atoms with Crippen molar-refractivity contribution >= 4 is 27.6 Å². The number of hydrogen-bond donors (Lipinski definition) is 2. The Labute approximate surface area is 185 Å². The number of sulfonamides is 1. The summed E-state index contributed by atoms with van der Waals surface area (Å²) in [5, 5.41) is 9.19. The third-order valence-electron chi connectivity index (χ3n) is 4.56.